The molecule has 21 heavy (non-hydrogen) atoms. The van der Waals surface area contributed by atoms with E-state index in [1.54, 1.807) is 0 Å². The smallest absolute Gasteiger partial charge is 0.326 e. The Kier molecular flexibility index (Phi) is 5.23. The van der Waals surface area contributed by atoms with Crippen molar-refractivity contribution in [1.29, 1.82) is 0 Å². The molecular weight excluding hydrogens is 278 g/mol. The average Bonchev–Trinajstić information content (AvgIpc) is 2.37. The minimum atomic E-state index is -1.15. The lowest BCUT2D eigenvalue weighted by molar-refractivity contribution is -0.383. The normalized spacial score (nSPS) is 12.0. The standard InChI is InChI=1S/C13H17N3O5/c1-7(2)5-10(13(18)19)15-12(17)8-3-4-9(14)11(6-8)16(20)21/h3-4,6-7,10H,5,14H2,1-2H3,(H,15,17)(H,18,19)/t10-/m0/s1. The molecule has 0 saturated heterocycles. The first-order valence-corrected chi connectivity index (χ1v) is 6.30. The quantitative estimate of drug-likeness (QED) is 0.412. The molecule has 0 aliphatic rings. The first-order chi connectivity index (χ1) is 9.72. The maximum absolute atomic E-state index is 12.0. The molecule has 0 unspecified atom stereocenters. The number of carbonyl (C=O) groups excluding carboxylic acids is 1. The van der Waals surface area contributed by atoms with E-state index in [4.69, 9.17) is 10.8 Å². The van der Waals surface area contributed by atoms with Gasteiger partial charge < -0.3 is 16.2 Å². The maximum atomic E-state index is 12.0. The number of anilines is 1. The molecule has 1 atom stereocenters. The fraction of sp³-hybridized carbons (Fsp3) is 0.385. The lowest BCUT2D eigenvalue weighted by Gasteiger charge is -2.16. The number of hydrogen-bond donors (Lipinski definition) is 3. The highest BCUT2D eigenvalue weighted by Crippen LogP contribution is 2.22. The van der Waals surface area contributed by atoms with E-state index in [9.17, 15) is 19.7 Å². The van der Waals surface area contributed by atoms with Crippen LogP contribution in [0.2, 0.25) is 0 Å². The molecule has 4 N–H and O–H groups in total. The third-order valence-electron chi connectivity index (χ3n) is 2.80. The maximum Gasteiger partial charge on any atom is 0.326 e. The highest BCUT2D eigenvalue weighted by Gasteiger charge is 2.23. The van der Waals surface area contributed by atoms with Crippen molar-refractivity contribution in [3.8, 4) is 0 Å². The van der Waals surface area contributed by atoms with E-state index in [1.165, 1.54) is 12.1 Å². The van der Waals surface area contributed by atoms with Crippen molar-refractivity contribution in [2.75, 3.05) is 5.73 Å². The van der Waals surface area contributed by atoms with Gasteiger partial charge in [0.05, 0.1) is 4.92 Å². The van der Waals surface area contributed by atoms with Crippen molar-refractivity contribution in [3.63, 3.8) is 0 Å². The van der Waals surface area contributed by atoms with Crippen molar-refractivity contribution in [1.82, 2.24) is 5.32 Å². The van der Waals surface area contributed by atoms with Crippen molar-refractivity contribution < 1.29 is 19.6 Å². The van der Waals surface area contributed by atoms with E-state index in [-0.39, 0.29) is 23.6 Å². The Bertz CT molecular complexity index is 571. The number of amides is 1. The summed E-state index contributed by atoms with van der Waals surface area (Å²) in [5.74, 6) is -1.76. The zero-order chi connectivity index (χ0) is 16.2. The van der Waals surface area contributed by atoms with Crippen LogP contribution in [0.5, 0.6) is 0 Å². The molecule has 0 spiro atoms. The van der Waals surface area contributed by atoms with Gasteiger partial charge in [0.15, 0.2) is 0 Å². The van der Waals surface area contributed by atoms with E-state index >= 15 is 0 Å². The van der Waals surface area contributed by atoms with Gasteiger partial charge in [-0.2, -0.15) is 0 Å². The number of hydrogen-bond acceptors (Lipinski definition) is 5. The summed E-state index contributed by atoms with van der Waals surface area (Å²) in [6.07, 6.45) is 0.262. The summed E-state index contributed by atoms with van der Waals surface area (Å²) >= 11 is 0. The van der Waals surface area contributed by atoms with Gasteiger partial charge in [0.2, 0.25) is 0 Å². The second-order valence-electron chi connectivity index (χ2n) is 5.02. The minimum absolute atomic E-state index is 0.00842. The van der Waals surface area contributed by atoms with E-state index in [1.807, 2.05) is 13.8 Å². The van der Waals surface area contributed by atoms with Crippen LogP contribution < -0.4 is 11.1 Å². The molecule has 0 aliphatic carbocycles. The monoisotopic (exact) mass is 295 g/mol. The Morgan fingerprint density at radius 3 is 2.52 bits per heavy atom. The Labute approximate surface area is 121 Å². The zero-order valence-electron chi connectivity index (χ0n) is 11.7. The van der Waals surface area contributed by atoms with Crippen LogP contribution >= 0.6 is 0 Å². The molecular formula is C13H17N3O5. The molecule has 0 aromatic heterocycles. The van der Waals surface area contributed by atoms with Crippen LogP contribution in [0.3, 0.4) is 0 Å². The number of nitro groups is 1. The molecule has 1 amide bonds. The predicted molar refractivity (Wildman–Crippen MR) is 75.9 cm³/mol. The molecule has 1 aromatic carbocycles. The number of benzene rings is 1. The number of rotatable bonds is 6. The van der Waals surface area contributed by atoms with E-state index in [0.29, 0.717) is 0 Å². The molecule has 0 radical (unpaired) electrons. The lowest BCUT2D eigenvalue weighted by Crippen LogP contribution is -2.41. The van der Waals surface area contributed by atoms with Crippen LogP contribution in [-0.2, 0) is 4.79 Å². The molecule has 0 heterocycles. The zero-order valence-corrected chi connectivity index (χ0v) is 11.7. The largest absolute Gasteiger partial charge is 0.480 e. The van der Waals surface area contributed by atoms with Crippen LogP contribution in [0.4, 0.5) is 11.4 Å². The van der Waals surface area contributed by atoms with Gasteiger partial charge in [0.25, 0.3) is 11.6 Å². The molecule has 0 fully saturated rings. The molecule has 0 saturated carbocycles. The van der Waals surface area contributed by atoms with Crippen LogP contribution in [0.15, 0.2) is 18.2 Å². The second-order valence-corrected chi connectivity index (χ2v) is 5.02. The Hall–Kier alpha value is -2.64. The number of nitrogens with one attached hydrogen (secondary N) is 1. The first kappa shape index (κ1) is 16.4. The van der Waals surface area contributed by atoms with Gasteiger partial charge in [-0.3, -0.25) is 14.9 Å². The molecule has 1 aromatic rings. The average molecular weight is 295 g/mol. The summed E-state index contributed by atoms with van der Waals surface area (Å²) in [4.78, 5) is 33.2. The number of aliphatic carboxylic acids is 1. The number of carbonyl (C=O) groups is 2. The lowest BCUT2D eigenvalue weighted by atomic mass is 10.0. The van der Waals surface area contributed by atoms with Crippen LogP contribution in [0.25, 0.3) is 0 Å². The van der Waals surface area contributed by atoms with Crippen LogP contribution in [0, 0.1) is 16.0 Å². The summed E-state index contributed by atoms with van der Waals surface area (Å²) < 4.78 is 0. The number of carboxylic acids is 1. The van der Waals surface area contributed by atoms with Gasteiger partial charge in [-0.15, -0.1) is 0 Å². The molecule has 0 bridgehead atoms. The van der Waals surface area contributed by atoms with E-state index in [0.717, 1.165) is 6.07 Å². The van der Waals surface area contributed by atoms with Gasteiger partial charge in [-0.25, -0.2) is 4.79 Å². The summed E-state index contributed by atoms with van der Waals surface area (Å²) in [6, 6.07) is 2.53. The summed E-state index contributed by atoms with van der Waals surface area (Å²) in [5, 5.41) is 22.2. The Morgan fingerprint density at radius 1 is 1.43 bits per heavy atom. The minimum Gasteiger partial charge on any atom is -0.480 e. The number of nitro benzene ring substituents is 1. The predicted octanol–water partition coefficient (Wildman–Crippen LogP) is 1.41. The van der Waals surface area contributed by atoms with Crippen molar-refractivity contribution in [2.45, 2.75) is 26.3 Å². The highest BCUT2D eigenvalue weighted by molar-refractivity contribution is 5.97. The highest BCUT2D eigenvalue weighted by atomic mass is 16.6. The topological polar surface area (TPSA) is 136 Å². The molecule has 8 heteroatoms. The molecule has 1 rings (SSSR count). The summed E-state index contributed by atoms with van der Waals surface area (Å²) in [7, 11) is 0. The van der Waals surface area contributed by atoms with Crippen LogP contribution in [-0.4, -0.2) is 27.9 Å². The van der Waals surface area contributed by atoms with Gasteiger partial charge >= 0.3 is 5.97 Å². The SMILES string of the molecule is CC(C)C[C@H](NC(=O)c1ccc(N)c([N+](=O)[O-])c1)C(=O)O. The van der Waals surface area contributed by atoms with Gasteiger partial charge in [-0.05, 0) is 24.5 Å². The summed E-state index contributed by atoms with van der Waals surface area (Å²) in [6.45, 7) is 3.66. The third-order valence-corrected chi connectivity index (χ3v) is 2.80. The first-order valence-electron chi connectivity index (χ1n) is 6.30. The van der Waals surface area contributed by atoms with E-state index in [2.05, 4.69) is 5.32 Å². The third kappa shape index (κ3) is 4.44. The molecule has 114 valence electrons. The van der Waals surface area contributed by atoms with Gasteiger partial charge in [0.1, 0.15) is 11.7 Å². The summed E-state index contributed by atoms with van der Waals surface area (Å²) in [5.41, 5.74) is 4.98. The van der Waals surface area contributed by atoms with Crippen LogP contribution in [0.1, 0.15) is 30.6 Å². The second kappa shape index (κ2) is 6.69. The number of nitrogens with two attached hydrogens (primary N) is 1. The number of nitrogens with zero attached hydrogens (tertiary/aromatic N) is 1. The number of nitrogen functional groups attached to an aromatic ring is 1. The van der Waals surface area contributed by atoms with E-state index < -0.39 is 28.5 Å². The molecule has 8 nitrogen and oxygen atoms in total. The van der Waals surface area contributed by atoms with Crippen molar-refractivity contribution in [3.05, 3.63) is 33.9 Å². The van der Waals surface area contributed by atoms with Crippen molar-refractivity contribution in [2.24, 2.45) is 5.92 Å². The van der Waals surface area contributed by atoms with Gasteiger partial charge in [0, 0.05) is 11.6 Å². The number of carboxylic acid groups (broad SMARTS) is 1. The Balaban J connectivity index is 2.95. The van der Waals surface area contributed by atoms with Gasteiger partial charge in [-0.1, -0.05) is 13.8 Å². The Morgan fingerprint density at radius 2 is 2.05 bits per heavy atom. The van der Waals surface area contributed by atoms with Crippen molar-refractivity contribution >= 4 is 23.3 Å². The fourth-order valence-corrected chi connectivity index (χ4v) is 1.78. The molecule has 0 aliphatic heterocycles. The fourth-order valence-electron chi connectivity index (χ4n) is 1.78.